The third kappa shape index (κ3) is 3.25. The molecule has 5 nitrogen and oxygen atoms in total. The van der Waals surface area contributed by atoms with Crippen molar-refractivity contribution in [2.75, 3.05) is 12.4 Å². The maximum Gasteiger partial charge on any atom is 0.269 e. The predicted octanol–water partition coefficient (Wildman–Crippen LogP) is 2.09. The van der Waals surface area contributed by atoms with Crippen LogP contribution in [0.5, 0.6) is 0 Å². The molecule has 0 spiro atoms. The molecule has 1 amide bonds. The number of carbonyl (C=O) groups is 1. The molecule has 0 aromatic carbocycles. The highest BCUT2D eigenvalue weighted by Crippen LogP contribution is 2.34. The summed E-state index contributed by atoms with van der Waals surface area (Å²) in [6.45, 7) is 7.90. The van der Waals surface area contributed by atoms with Crippen molar-refractivity contribution in [2.24, 2.45) is 5.92 Å². The highest BCUT2D eigenvalue weighted by molar-refractivity contribution is 7.96. The second kappa shape index (κ2) is 5.99. The minimum absolute atomic E-state index is 0.0347. The summed E-state index contributed by atoms with van der Waals surface area (Å²) in [5.41, 5.74) is 0. The lowest BCUT2D eigenvalue weighted by molar-refractivity contribution is -0.130. The third-order valence-electron chi connectivity index (χ3n) is 4.58. The van der Waals surface area contributed by atoms with Crippen LogP contribution in [0.2, 0.25) is 0 Å². The molecule has 0 N–H and O–H groups in total. The lowest BCUT2D eigenvalue weighted by atomic mass is 9.99. The molecule has 0 aromatic heterocycles. The Labute approximate surface area is 127 Å². The van der Waals surface area contributed by atoms with Gasteiger partial charge in [-0.15, -0.1) is 0 Å². The fraction of sp³-hybridized carbons (Fsp3) is 0.800. The van der Waals surface area contributed by atoms with Crippen molar-refractivity contribution in [3.63, 3.8) is 0 Å². The summed E-state index contributed by atoms with van der Waals surface area (Å²) in [7, 11) is -3.53. The maximum absolute atomic E-state index is 12.9. The first kappa shape index (κ1) is 16.3. The second-order valence-corrected chi connectivity index (χ2v) is 8.17. The number of sulfone groups is 1. The van der Waals surface area contributed by atoms with Gasteiger partial charge >= 0.3 is 0 Å². The first-order valence-electron chi connectivity index (χ1n) is 7.68. The zero-order valence-corrected chi connectivity index (χ0v) is 14.1. The van der Waals surface area contributed by atoms with E-state index in [1.807, 2.05) is 6.92 Å². The predicted molar refractivity (Wildman–Crippen MR) is 81.2 cm³/mol. The Balaban J connectivity index is 2.35. The highest BCUT2D eigenvalue weighted by atomic mass is 32.2. The molecular weight excluding hydrogens is 290 g/mol. The molecule has 1 fully saturated rings. The van der Waals surface area contributed by atoms with Gasteiger partial charge in [0.25, 0.3) is 5.91 Å². The first-order chi connectivity index (χ1) is 9.79. The van der Waals surface area contributed by atoms with Crippen molar-refractivity contribution in [1.29, 1.82) is 0 Å². The van der Waals surface area contributed by atoms with E-state index in [2.05, 4.69) is 13.8 Å². The lowest BCUT2D eigenvalue weighted by Gasteiger charge is -2.34. The number of carbonyl (C=O) groups excluding carboxylic acids is 1. The summed E-state index contributed by atoms with van der Waals surface area (Å²) in [6, 6.07) is 0.214. The monoisotopic (exact) mass is 315 g/mol. The van der Waals surface area contributed by atoms with E-state index >= 15 is 0 Å². The quantitative estimate of drug-likeness (QED) is 0.779. The summed E-state index contributed by atoms with van der Waals surface area (Å²) in [5, 5.41) is 0. The molecule has 2 unspecified atom stereocenters. The largest absolute Gasteiger partial charge is 0.496 e. The van der Waals surface area contributed by atoms with E-state index in [1.54, 1.807) is 11.8 Å². The molecule has 2 aliphatic rings. The molecular formula is C15H25NO4S. The van der Waals surface area contributed by atoms with E-state index in [0.29, 0.717) is 5.92 Å². The molecule has 2 rings (SSSR count). The Hall–Kier alpha value is -1.04. The zero-order valence-electron chi connectivity index (χ0n) is 13.3. The van der Waals surface area contributed by atoms with Crippen molar-refractivity contribution < 1.29 is 17.9 Å². The maximum atomic E-state index is 12.9. The van der Waals surface area contributed by atoms with Crippen molar-refractivity contribution in [3.05, 3.63) is 10.7 Å². The van der Waals surface area contributed by atoms with Crippen LogP contribution in [0.1, 0.15) is 47.0 Å². The van der Waals surface area contributed by atoms with E-state index in [9.17, 15) is 13.2 Å². The van der Waals surface area contributed by atoms with Crippen molar-refractivity contribution in [2.45, 2.75) is 59.0 Å². The van der Waals surface area contributed by atoms with Crippen LogP contribution >= 0.6 is 0 Å². The molecule has 0 bridgehead atoms. The number of allylic oxidation sites excluding steroid dienone is 1. The molecule has 1 heterocycles. The van der Waals surface area contributed by atoms with E-state index in [-0.39, 0.29) is 41.0 Å². The highest BCUT2D eigenvalue weighted by Gasteiger charge is 2.43. The molecule has 0 radical (unpaired) electrons. The molecule has 21 heavy (non-hydrogen) atoms. The van der Waals surface area contributed by atoms with Crippen LogP contribution in [0.25, 0.3) is 0 Å². The molecule has 6 heteroatoms. The van der Waals surface area contributed by atoms with Gasteiger partial charge in [-0.25, -0.2) is 8.42 Å². The second-order valence-electron chi connectivity index (χ2n) is 6.12. The Morgan fingerprint density at radius 2 is 2.00 bits per heavy atom. The van der Waals surface area contributed by atoms with Gasteiger partial charge in [-0.2, -0.15) is 0 Å². The molecule has 2 atom stereocenters. The fourth-order valence-electron chi connectivity index (χ4n) is 2.74. The number of hydrogen-bond donors (Lipinski definition) is 0. The number of ether oxygens (including phenoxy) is 1. The zero-order chi connectivity index (χ0) is 15.8. The van der Waals surface area contributed by atoms with E-state index < -0.39 is 9.84 Å². The van der Waals surface area contributed by atoms with Gasteiger partial charge in [-0.1, -0.05) is 20.3 Å². The average Bonchev–Trinajstić information content (AvgIpc) is 3.21. The van der Waals surface area contributed by atoms with Crippen LogP contribution < -0.4 is 0 Å². The van der Waals surface area contributed by atoms with Gasteiger partial charge in [-0.3, -0.25) is 4.79 Å². The van der Waals surface area contributed by atoms with Crippen LogP contribution in [0, 0.1) is 5.92 Å². The number of amides is 1. The number of hydrogen-bond acceptors (Lipinski definition) is 4. The minimum Gasteiger partial charge on any atom is -0.496 e. The van der Waals surface area contributed by atoms with Crippen molar-refractivity contribution in [3.8, 4) is 0 Å². The standard InChI is InChI=1S/C15H25NO4S/c1-5-10(2)11(3)16(13-6-7-13)15(17)14-12(4)20-8-9-21(14,18)19/h10-11,13H,5-9H2,1-4H3. The van der Waals surface area contributed by atoms with Gasteiger partial charge in [0.15, 0.2) is 14.7 Å². The first-order valence-corrected chi connectivity index (χ1v) is 9.34. The SMILES string of the molecule is CCC(C)C(C)N(C(=O)C1=C(C)OCCS1(=O)=O)C1CC1. The van der Waals surface area contributed by atoms with Gasteiger partial charge in [0, 0.05) is 12.1 Å². The van der Waals surface area contributed by atoms with E-state index in [4.69, 9.17) is 4.74 Å². The third-order valence-corrected chi connectivity index (χ3v) is 6.36. The average molecular weight is 315 g/mol. The summed E-state index contributed by atoms with van der Waals surface area (Å²) in [4.78, 5) is 14.5. The van der Waals surface area contributed by atoms with E-state index in [1.165, 1.54) is 0 Å². The van der Waals surface area contributed by atoms with Gasteiger partial charge in [-0.05, 0) is 32.6 Å². The Bertz CT molecular complexity index is 548. The smallest absolute Gasteiger partial charge is 0.269 e. The fourth-order valence-corrected chi connectivity index (χ4v) is 4.12. The topological polar surface area (TPSA) is 63.7 Å². The minimum atomic E-state index is -3.53. The lowest BCUT2D eigenvalue weighted by Crippen LogP contribution is -2.46. The molecule has 1 saturated carbocycles. The molecule has 1 aliphatic carbocycles. The Morgan fingerprint density at radius 3 is 2.48 bits per heavy atom. The molecule has 0 aromatic rings. The van der Waals surface area contributed by atoms with E-state index in [0.717, 1.165) is 19.3 Å². The van der Waals surface area contributed by atoms with Crippen LogP contribution in [0.3, 0.4) is 0 Å². The van der Waals surface area contributed by atoms with Crippen molar-refractivity contribution >= 4 is 15.7 Å². The number of rotatable bonds is 5. The van der Waals surface area contributed by atoms with Gasteiger partial charge in [0.05, 0.1) is 5.75 Å². The summed E-state index contributed by atoms with van der Waals surface area (Å²) < 4.78 is 29.8. The van der Waals surface area contributed by atoms with Crippen molar-refractivity contribution in [1.82, 2.24) is 4.90 Å². The van der Waals surface area contributed by atoms with Crippen LogP contribution in [0.15, 0.2) is 10.7 Å². The van der Waals surface area contributed by atoms with Gasteiger partial charge in [0.2, 0.25) is 0 Å². The van der Waals surface area contributed by atoms with Crippen LogP contribution in [0.4, 0.5) is 0 Å². The Morgan fingerprint density at radius 1 is 1.38 bits per heavy atom. The van der Waals surface area contributed by atoms with Gasteiger partial charge < -0.3 is 9.64 Å². The summed E-state index contributed by atoms with van der Waals surface area (Å²) >= 11 is 0. The molecule has 0 saturated heterocycles. The number of nitrogens with zero attached hydrogens (tertiary/aromatic N) is 1. The van der Waals surface area contributed by atoms with Crippen LogP contribution in [-0.4, -0.2) is 43.7 Å². The molecule has 120 valence electrons. The summed E-state index contributed by atoms with van der Waals surface area (Å²) in [5.74, 6) is 0.0974. The normalized spacial score (nSPS) is 24.2. The Kier molecular flexibility index (Phi) is 4.66. The van der Waals surface area contributed by atoms with Crippen LogP contribution in [-0.2, 0) is 19.4 Å². The summed E-state index contributed by atoms with van der Waals surface area (Å²) in [6.07, 6.45) is 2.87. The molecule has 1 aliphatic heterocycles. The van der Waals surface area contributed by atoms with Gasteiger partial charge in [0.1, 0.15) is 12.4 Å².